The molecule has 74 valence electrons. The molecule has 1 atom stereocenters. The van der Waals surface area contributed by atoms with E-state index in [-0.39, 0.29) is 18.6 Å². The number of alkyl halides is 1. The molecule has 4 heteroatoms. The molecule has 0 aromatic heterocycles. The third-order valence-corrected chi connectivity index (χ3v) is 1.77. The summed E-state index contributed by atoms with van der Waals surface area (Å²) in [6, 6.07) is 0. The Hall–Kier alpha value is 0.170. The van der Waals surface area contributed by atoms with Gasteiger partial charge in [0.15, 0.2) is 0 Å². The molecule has 1 aliphatic heterocycles. The molecule has 2 N–H and O–H groups in total. The van der Waals surface area contributed by atoms with E-state index in [4.69, 9.17) is 26.6 Å². The smallest absolute Gasteiger partial charge is 0.0944 e. The number of hydrogen-bond acceptors (Lipinski definition) is 3. The lowest BCUT2D eigenvalue weighted by Gasteiger charge is -2.16. The van der Waals surface area contributed by atoms with Crippen molar-refractivity contribution in [3.8, 4) is 0 Å². The summed E-state index contributed by atoms with van der Waals surface area (Å²) in [7, 11) is 0. The molecular formula is C8H17ClO3. The number of halogens is 1. The molecule has 12 heavy (non-hydrogen) atoms. The molecule has 1 saturated heterocycles. The van der Waals surface area contributed by atoms with E-state index in [0.717, 1.165) is 6.61 Å². The largest absolute Gasteiger partial charge is 0.396 e. The minimum Gasteiger partial charge on any atom is -0.396 e. The van der Waals surface area contributed by atoms with Crippen LogP contribution in [0, 0.1) is 5.41 Å². The van der Waals surface area contributed by atoms with Gasteiger partial charge in [-0.05, 0) is 0 Å². The van der Waals surface area contributed by atoms with Crippen molar-refractivity contribution in [2.75, 3.05) is 25.7 Å². The number of aliphatic hydroxyl groups excluding tert-OH is 2. The van der Waals surface area contributed by atoms with Gasteiger partial charge < -0.3 is 14.9 Å². The van der Waals surface area contributed by atoms with Gasteiger partial charge >= 0.3 is 0 Å². The normalized spacial score (nSPS) is 21.2. The third kappa shape index (κ3) is 6.85. The van der Waals surface area contributed by atoms with E-state index >= 15 is 0 Å². The molecule has 1 fully saturated rings. The number of ether oxygens (including phenoxy) is 1. The molecule has 0 spiro atoms. The fraction of sp³-hybridized carbons (Fsp3) is 1.00. The summed E-state index contributed by atoms with van der Waals surface area (Å²) in [6.07, 6.45) is 0.400. The second kappa shape index (κ2) is 5.75. The summed E-state index contributed by atoms with van der Waals surface area (Å²) in [6.45, 7) is 4.57. The van der Waals surface area contributed by atoms with Crippen LogP contribution in [0.5, 0.6) is 0 Å². The predicted octanol–water partition coefficient (Wildman–Crippen LogP) is 0.621. The Morgan fingerprint density at radius 2 is 1.83 bits per heavy atom. The zero-order valence-corrected chi connectivity index (χ0v) is 8.34. The third-order valence-electron chi connectivity index (χ3n) is 1.43. The summed E-state index contributed by atoms with van der Waals surface area (Å²) in [5, 5.41) is 16.9. The lowest BCUT2D eigenvalue weighted by molar-refractivity contribution is 0.0857. The van der Waals surface area contributed by atoms with Crippen LogP contribution in [0.3, 0.4) is 0 Å². The van der Waals surface area contributed by atoms with E-state index < -0.39 is 0 Å². The first kappa shape index (κ1) is 12.2. The zero-order valence-electron chi connectivity index (χ0n) is 7.59. The van der Waals surface area contributed by atoms with Crippen LogP contribution in [-0.4, -0.2) is 42.0 Å². The van der Waals surface area contributed by atoms with Gasteiger partial charge in [0.05, 0.1) is 31.8 Å². The van der Waals surface area contributed by atoms with Gasteiger partial charge in [-0.1, -0.05) is 13.8 Å². The second-order valence-electron chi connectivity index (χ2n) is 3.59. The Bertz CT molecular complexity index is 107. The average Bonchev–Trinajstić information content (AvgIpc) is 2.88. The Morgan fingerprint density at radius 3 is 1.83 bits per heavy atom. The first-order chi connectivity index (χ1) is 5.55. The van der Waals surface area contributed by atoms with E-state index in [1.54, 1.807) is 13.8 Å². The van der Waals surface area contributed by atoms with Gasteiger partial charge in [0.1, 0.15) is 0 Å². The molecule has 1 unspecified atom stereocenters. The molecule has 0 radical (unpaired) electrons. The lowest BCUT2D eigenvalue weighted by Crippen LogP contribution is -2.20. The van der Waals surface area contributed by atoms with Crippen LogP contribution in [0.2, 0.25) is 0 Å². The van der Waals surface area contributed by atoms with Crippen molar-refractivity contribution >= 4 is 11.6 Å². The fourth-order valence-electron chi connectivity index (χ4n) is 0.207. The first-order valence-corrected chi connectivity index (χ1v) is 4.48. The van der Waals surface area contributed by atoms with Crippen LogP contribution in [0.4, 0.5) is 0 Å². The zero-order chi connectivity index (χ0) is 9.61. The monoisotopic (exact) mass is 196 g/mol. The molecule has 0 amide bonds. The van der Waals surface area contributed by atoms with Gasteiger partial charge in [0, 0.05) is 5.41 Å². The highest BCUT2D eigenvalue weighted by Gasteiger charge is 2.19. The van der Waals surface area contributed by atoms with Crippen molar-refractivity contribution in [2.45, 2.75) is 20.0 Å². The first-order valence-electron chi connectivity index (χ1n) is 3.95. The van der Waals surface area contributed by atoms with Crippen LogP contribution in [0.1, 0.15) is 13.8 Å². The van der Waals surface area contributed by atoms with Crippen molar-refractivity contribution in [2.24, 2.45) is 5.41 Å². The van der Waals surface area contributed by atoms with Gasteiger partial charge in [0.25, 0.3) is 0 Å². The van der Waals surface area contributed by atoms with E-state index in [9.17, 15) is 0 Å². The number of aliphatic hydroxyl groups is 2. The van der Waals surface area contributed by atoms with Crippen LogP contribution in [0.15, 0.2) is 0 Å². The maximum atomic E-state index is 8.43. The second-order valence-corrected chi connectivity index (χ2v) is 3.90. The number of hydrogen-bond donors (Lipinski definition) is 2. The Labute approximate surface area is 78.3 Å². The Balaban J connectivity index is 0.000000211. The van der Waals surface area contributed by atoms with Gasteiger partial charge in [0.2, 0.25) is 0 Å². The van der Waals surface area contributed by atoms with Crippen LogP contribution in [-0.2, 0) is 4.74 Å². The van der Waals surface area contributed by atoms with Gasteiger partial charge in [-0.3, -0.25) is 0 Å². The maximum absolute atomic E-state index is 8.43. The summed E-state index contributed by atoms with van der Waals surface area (Å²) < 4.78 is 4.73. The van der Waals surface area contributed by atoms with E-state index in [2.05, 4.69) is 0 Å². The topological polar surface area (TPSA) is 53.0 Å². The predicted molar refractivity (Wildman–Crippen MR) is 48.4 cm³/mol. The van der Waals surface area contributed by atoms with E-state index in [1.807, 2.05) is 0 Å². The number of rotatable bonds is 3. The summed E-state index contributed by atoms with van der Waals surface area (Å²) in [5.41, 5.74) is -0.306. The highest BCUT2D eigenvalue weighted by atomic mass is 35.5. The summed E-state index contributed by atoms with van der Waals surface area (Å²) in [4.78, 5) is 0. The average molecular weight is 197 g/mol. The molecule has 0 aromatic rings. The minimum absolute atomic E-state index is 0.0451. The number of epoxide rings is 1. The SMILES string of the molecule is CC(C)(CO)CO.ClCC1CO1. The van der Waals surface area contributed by atoms with Crippen molar-refractivity contribution < 1.29 is 14.9 Å². The Morgan fingerprint density at radius 1 is 1.42 bits per heavy atom. The van der Waals surface area contributed by atoms with Crippen molar-refractivity contribution in [3.05, 3.63) is 0 Å². The van der Waals surface area contributed by atoms with Gasteiger partial charge in [-0.15, -0.1) is 11.6 Å². The van der Waals surface area contributed by atoms with E-state index in [0.29, 0.717) is 12.0 Å². The molecule has 0 bridgehead atoms. The van der Waals surface area contributed by atoms with Gasteiger partial charge in [-0.2, -0.15) is 0 Å². The van der Waals surface area contributed by atoms with Crippen LogP contribution >= 0.6 is 11.6 Å². The van der Waals surface area contributed by atoms with Crippen molar-refractivity contribution in [1.29, 1.82) is 0 Å². The molecule has 3 nitrogen and oxygen atoms in total. The molecule has 1 aliphatic rings. The van der Waals surface area contributed by atoms with Crippen molar-refractivity contribution in [3.63, 3.8) is 0 Å². The Kier molecular flexibility index (Phi) is 5.84. The van der Waals surface area contributed by atoms with Crippen molar-refractivity contribution in [1.82, 2.24) is 0 Å². The lowest BCUT2D eigenvalue weighted by atomic mass is 9.97. The van der Waals surface area contributed by atoms with E-state index in [1.165, 1.54) is 0 Å². The van der Waals surface area contributed by atoms with Gasteiger partial charge in [-0.25, -0.2) is 0 Å². The minimum atomic E-state index is -0.306. The standard InChI is InChI=1S/C5H12O2.C3H5ClO/c1-5(2,3-6)4-7;4-1-3-2-5-3/h6-7H,3-4H2,1-2H3;3H,1-2H2. The summed E-state index contributed by atoms with van der Waals surface area (Å²) >= 11 is 5.27. The molecule has 0 aromatic carbocycles. The molecule has 1 rings (SSSR count). The quantitative estimate of drug-likeness (QED) is 0.514. The highest BCUT2D eigenvalue weighted by Crippen LogP contribution is 2.10. The highest BCUT2D eigenvalue weighted by molar-refractivity contribution is 6.18. The molecule has 0 saturated carbocycles. The van der Waals surface area contributed by atoms with Crippen LogP contribution in [0.25, 0.3) is 0 Å². The molecule has 1 heterocycles. The fourth-order valence-corrected chi connectivity index (χ4v) is 0.385. The van der Waals surface area contributed by atoms with Crippen LogP contribution < -0.4 is 0 Å². The summed E-state index contributed by atoms with van der Waals surface area (Å²) in [5.74, 6) is 0.667. The molecular weight excluding hydrogens is 180 g/mol. The molecule has 0 aliphatic carbocycles. The maximum Gasteiger partial charge on any atom is 0.0944 e.